The summed E-state index contributed by atoms with van der Waals surface area (Å²) in [5.41, 5.74) is 1.55. The van der Waals surface area contributed by atoms with Crippen molar-refractivity contribution in [2.45, 2.75) is 89.0 Å². The van der Waals surface area contributed by atoms with E-state index in [0.29, 0.717) is 19.4 Å². The minimum Gasteiger partial charge on any atom is -0.356 e. The third-order valence-corrected chi connectivity index (χ3v) is 7.18. The molecule has 0 radical (unpaired) electrons. The molecule has 26 heavy (non-hydrogen) atoms. The molecule has 2 N–H and O–H groups in total. The van der Waals surface area contributed by atoms with Gasteiger partial charge in [-0.2, -0.15) is 0 Å². The topological polar surface area (TPSA) is 58.2 Å². The monoisotopic (exact) mass is 358 g/mol. The molecule has 4 nitrogen and oxygen atoms in total. The van der Waals surface area contributed by atoms with E-state index in [1.165, 1.54) is 69.8 Å². The first-order valence-corrected chi connectivity index (χ1v) is 10.9. The molecular formula is C22H34N2O2. The minimum absolute atomic E-state index is 0.0158. The molecule has 0 aromatic carbocycles. The Hall–Kier alpha value is -1.32. The highest BCUT2D eigenvalue weighted by Gasteiger charge is 2.51. The summed E-state index contributed by atoms with van der Waals surface area (Å²) < 4.78 is 0. The second-order valence-electron chi connectivity index (χ2n) is 9.45. The molecule has 0 aromatic rings. The Balaban J connectivity index is 1.16. The van der Waals surface area contributed by atoms with Crippen molar-refractivity contribution in [3.05, 3.63) is 11.6 Å². The normalized spacial score (nSPS) is 35.1. The van der Waals surface area contributed by atoms with Gasteiger partial charge in [0.15, 0.2) is 0 Å². The van der Waals surface area contributed by atoms with Gasteiger partial charge in [0, 0.05) is 24.9 Å². The molecule has 144 valence electrons. The van der Waals surface area contributed by atoms with Gasteiger partial charge in [-0.1, -0.05) is 11.6 Å². The van der Waals surface area contributed by atoms with Crippen molar-refractivity contribution in [2.75, 3.05) is 6.54 Å². The molecule has 5 rings (SSSR count). The Kier molecular flexibility index (Phi) is 5.37. The molecule has 5 aliphatic carbocycles. The lowest BCUT2D eigenvalue weighted by atomic mass is 9.53. The quantitative estimate of drug-likeness (QED) is 0.679. The molecule has 4 bridgehead atoms. The Morgan fingerprint density at radius 3 is 2.23 bits per heavy atom. The van der Waals surface area contributed by atoms with Crippen LogP contribution in [0.3, 0.4) is 0 Å². The summed E-state index contributed by atoms with van der Waals surface area (Å²) in [6.07, 6.45) is 16.6. The smallest absolute Gasteiger partial charge is 0.220 e. The van der Waals surface area contributed by atoms with E-state index >= 15 is 0 Å². The van der Waals surface area contributed by atoms with Crippen LogP contribution in [0.2, 0.25) is 0 Å². The highest BCUT2D eigenvalue weighted by molar-refractivity contribution is 5.84. The number of hydrogen-bond acceptors (Lipinski definition) is 2. The summed E-state index contributed by atoms with van der Waals surface area (Å²) >= 11 is 0. The number of hydrogen-bond donors (Lipinski definition) is 2. The summed E-state index contributed by atoms with van der Waals surface area (Å²) in [6.45, 7) is 0.710. The van der Waals surface area contributed by atoms with Crippen molar-refractivity contribution in [2.24, 2.45) is 17.8 Å². The van der Waals surface area contributed by atoms with E-state index in [1.807, 2.05) is 0 Å². The largest absolute Gasteiger partial charge is 0.356 e. The van der Waals surface area contributed by atoms with Gasteiger partial charge in [0.25, 0.3) is 0 Å². The molecule has 4 fully saturated rings. The number of allylic oxidation sites excluding steroid dienone is 1. The summed E-state index contributed by atoms with van der Waals surface area (Å²) in [5, 5.41) is 6.34. The van der Waals surface area contributed by atoms with Crippen LogP contribution in [0.4, 0.5) is 0 Å². The highest BCUT2D eigenvalue weighted by Crippen LogP contribution is 2.55. The van der Waals surface area contributed by atoms with Crippen molar-refractivity contribution < 1.29 is 9.59 Å². The summed E-state index contributed by atoms with van der Waals surface area (Å²) in [7, 11) is 0. The molecule has 0 unspecified atom stereocenters. The third-order valence-electron chi connectivity index (χ3n) is 7.18. The van der Waals surface area contributed by atoms with Gasteiger partial charge in [0.2, 0.25) is 11.8 Å². The van der Waals surface area contributed by atoms with Gasteiger partial charge in [0.05, 0.1) is 0 Å². The van der Waals surface area contributed by atoms with E-state index in [0.717, 1.165) is 24.2 Å². The first-order valence-electron chi connectivity index (χ1n) is 10.9. The number of nitrogens with one attached hydrogen (secondary N) is 2. The van der Waals surface area contributed by atoms with Gasteiger partial charge in [-0.15, -0.1) is 0 Å². The number of amides is 2. The van der Waals surface area contributed by atoms with Crippen LogP contribution in [0, 0.1) is 17.8 Å². The zero-order valence-corrected chi connectivity index (χ0v) is 16.0. The number of carbonyl (C=O) groups excluding carboxylic acids is 2. The maximum absolute atomic E-state index is 12.5. The lowest BCUT2D eigenvalue weighted by Gasteiger charge is -2.56. The fraction of sp³-hybridized carbons (Fsp3) is 0.818. The van der Waals surface area contributed by atoms with Crippen molar-refractivity contribution in [3.63, 3.8) is 0 Å². The van der Waals surface area contributed by atoms with Crippen molar-refractivity contribution in [3.8, 4) is 0 Å². The Bertz CT molecular complexity index is 545. The zero-order chi connectivity index (χ0) is 18.0. The van der Waals surface area contributed by atoms with Crippen molar-refractivity contribution in [1.82, 2.24) is 10.6 Å². The summed E-state index contributed by atoms with van der Waals surface area (Å²) in [5.74, 6) is 2.59. The average Bonchev–Trinajstić information content (AvgIpc) is 2.59. The molecule has 4 heteroatoms. The predicted octanol–water partition coefficient (Wildman–Crippen LogP) is 3.86. The van der Waals surface area contributed by atoms with Gasteiger partial charge in [-0.3, -0.25) is 9.59 Å². The zero-order valence-electron chi connectivity index (χ0n) is 16.0. The van der Waals surface area contributed by atoms with Crippen LogP contribution in [0.15, 0.2) is 11.6 Å². The van der Waals surface area contributed by atoms with Crippen LogP contribution in [0.25, 0.3) is 0 Å². The fourth-order valence-corrected chi connectivity index (χ4v) is 6.43. The SMILES string of the molecule is O=C(CCC(=O)NC12CC3CC(CC(C3)C1)C2)NCCC1=CCCCC1. The maximum atomic E-state index is 12.5. The van der Waals surface area contributed by atoms with Crippen molar-refractivity contribution >= 4 is 11.8 Å². The van der Waals surface area contributed by atoms with Gasteiger partial charge in [-0.05, 0) is 88.4 Å². The first-order chi connectivity index (χ1) is 12.6. The van der Waals surface area contributed by atoms with E-state index in [9.17, 15) is 9.59 Å². The average molecular weight is 359 g/mol. The molecule has 0 spiro atoms. The van der Waals surface area contributed by atoms with Crippen LogP contribution in [0.5, 0.6) is 0 Å². The standard InChI is InChI=1S/C22H34N2O2/c25-20(23-9-8-16-4-2-1-3-5-16)6-7-21(26)24-22-13-17-10-18(14-22)12-19(11-17)15-22/h4,17-19H,1-3,5-15H2,(H,23,25)(H,24,26). The summed E-state index contributed by atoms with van der Waals surface area (Å²) in [6, 6.07) is 0. The molecule has 0 saturated heterocycles. The second kappa shape index (κ2) is 7.74. The lowest BCUT2D eigenvalue weighted by Crippen LogP contribution is -2.59. The third kappa shape index (κ3) is 4.32. The van der Waals surface area contributed by atoms with E-state index in [4.69, 9.17) is 0 Å². The molecule has 0 aliphatic heterocycles. The van der Waals surface area contributed by atoms with E-state index in [2.05, 4.69) is 16.7 Å². The maximum Gasteiger partial charge on any atom is 0.220 e. The number of carbonyl (C=O) groups is 2. The van der Waals surface area contributed by atoms with E-state index in [-0.39, 0.29) is 17.4 Å². The predicted molar refractivity (Wildman–Crippen MR) is 102 cm³/mol. The van der Waals surface area contributed by atoms with Crippen molar-refractivity contribution in [1.29, 1.82) is 0 Å². The Morgan fingerprint density at radius 1 is 0.962 bits per heavy atom. The first kappa shape index (κ1) is 18.1. The molecule has 0 aromatic heterocycles. The van der Waals surface area contributed by atoms with Crippen LogP contribution >= 0.6 is 0 Å². The van der Waals surface area contributed by atoms with Crippen LogP contribution in [0.1, 0.15) is 83.5 Å². The van der Waals surface area contributed by atoms with Crippen LogP contribution < -0.4 is 10.6 Å². The fourth-order valence-electron chi connectivity index (χ4n) is 6.43. The van der Waals surface area contributed by atoms with E-state index in [1.54, 1.807) is 0 Å². The van der Waals surface area contributed by atoms with E-state index < -0.39 is 0 Å². The van der Waals surface area contributed by atoms with Crippen LogP contribution in [-0.4, -0.2) is 23.9 Å². The molecular weight excluding hydrogens is 324 g/mol. The second-order valence-corrected chi connectivity index (χ2v) is 9.45. The summed E-state index contributed by atoms with van der Waals surface area (Å²) in [4.78, 5) is 24.5. The molecule has 4 saturated carbocycles. The number of rotatable bonds is 7. The Labute approximate surface area is 157 Å². The minimum atomic E-state index is 0.0158. The molecule has 2 amide bonds. The van der Waals surface area contributed by atoms with Crippen LogP contribution in [-0.2, 0) is 9.59 Å². The van der Waals surface area contributed by atoms with Gasteiger partial charge >= 0.3 is 0 Å². The molecule has 0 heterocycles. The molecule has 5 aliphatic rings. The molecule has 0 atom stereocenters. The van der Waals surface area contributed by atoms with Gasteiger partial charge in [-0.25, -0.2) is 0 Å². The highest BCUT2D eigenvalue weighted by atomic mass is 16.2. The van der Waals surface area contributed by atoms with Gasteiger partial charge < -0.3 is 10.6 Å². The van der Waals surface area contributed by atoms with Gasteiger partial charge in [0.1, 0.15) is 0 Å². The Morgan fingerprint density at radius 2 is 1.62 bits per heavy atom. The lowest BCUT2D eigenvalue weighted by molar-refractivity contribution is -0.130.